The molecule has 19 heavy (non-hydrogen) atoms. The molecule has 1 aliphatic heterocycles. The monoisotopic (exact) mass is 253 g/mol. The summed E-state index contributed by atoms with van der Waals surface area (Å²) in [6.45, 7) is 3.10. The highest BCUT2D eigenvalue weighted by Gasteiger charge is 2.28. The standard InChI is InChI=1S/C16H19N3/c1-12-10-13-6-3-4-8-15(13)19(12)16-14(11-17-2)7-5-9-18-16/h3-9,12,17H,10-11H2,1-2H3. The molecule has 0 bridgehead atoms. The maximum atomic E-state index is 4.61. The van der Waals surface area contributed by atoms with Crippen molar-refractivity contribution in [3.63, 3.8) is 0 Å². The van der Waals surface area contributed by atoms with E-state index in [1.807, 2.05) is 19.3 Å². The van der Waals surface area contributed by atoms with Gasteiger partial charge in [-0.05, 0) is 38.1 Å². The number of aromatic nitrogens is 1. The molecule has 1 aromatic carbocycles. The average molecular weight is 253 g/mol. The number of fused-ring (bicyclic) bond motifs is 1. The fraction of sp³-hybridized carbons (Fsp3) is 0.312. The molecule has 0 spiro atoms. The van der Waals surface area contributed by atoms with E-state index in [-0.39, 0.29) is 0 Å². The van der Waals surface area contributed by atoms with Crippen LogP contribution in [0.2, 0.25) is 0 Å². The third-order valence-electron chi connectivity index (χ3n) is 3.67. The van der Waals surface area contributed by atoms with Crippen molar-refractivity contribution in [3.05, 3.63) is 53.7 Å². The van der Waals surface area contributed by atoms with Gasteiger partial charge in [0, 0.05) is 30.0 Å². The van der Waals surface area contributed by atoms with E-state index in [4.69, 9.17) is 0 Å². The molecule has 1 N–H and O–H groups in total. The Balaban J connectivity index is 2.07. The highest BCUT2D eigenvalue weighted by atomic mass is 15.2. The molecule has 1 aliphatic rings. The van der Waals surface area contributed by atoms with Crippen LogP contribution in [0.4, 0.5) is 11.5 Å². The first-order valence-corrected chi connectivity index (χ1v) is 6.77. The summed E-state index contributed by atoms with van der Waals surface area (Å²) in [6.07, 6.45) is 2.97. The van der Waals surface area contributed by atoms with E-state index in [1.165, 1.54) is 16.8 Å². The minimum Gasteiger partial charge on any atom is -0.323 e. The van der Waals surface area contributed by atoms with Gasteiger partial charge in [-0.3, -0.25) is 0 Å². The Morgan fingerprint density at radius 3 is 2.95 bits per heavy atom. The van der Waals surface area contributed by atoms with Gasteiger partial charge in [0.15, 0.2) is 0 Å². The first-order valence-electron chi connectivity index (χ1n) is 6.77. The number of nitrogens with one attached hydrogen (secondary N) is 1. The Morgan fingerprint density at radius 2 is 2.11 bits per heavy atom. The summed E-state index contributed by atoms with van der Waals surface area (Å²) < 4.78 is 0. The van der Waals surface area contributed by atoms with Gasteiger partial charge in [-0.25, -0.2) is 4.98 Å². The van der Waals surface area contributed by atoms with Gasteiger partial charge >= 0.3 is 0 Å². The largest absolute Gasteiger partial charge is 0.323 e. The first kappa shape index (κ1) is 12.2. The number of para-hydroxylation sites is 1. The fourth-order valence-corrected chi connectivity index (χ4v) is 2.86. The molecule has 0 saturated carbocycles. The minimum atomic E-state index is 0.461. The first-order chi connectivity index (χ1) is 9.31. The van der Waals surface area contributed by atoms with E-state index in [0.29, 0.717) is 6.04 Å². The number of hydrogen-bond donors (Lipinski definition) is 1. The molecule has 98 valence electrons. The van der Waals surface area contributed by atoms with Crippen molar-refractivity contribution in [1.29, 1.82) is 0 Å². The van der Waals surface area contributed by atoms with Crippen molar-refractivity contribution in [2.24, 2.45) is 0 Å². The SMILES string of the molecule is CNCc1cccnc1N1c2ccccc2CC1C. The summed E-state index contributed by atoms with van der Waals surface area (Å²) in [5.41, 5.74) is 3.95. The number of rotatable bonds is 3. The average Bonchev–Trinajstić information content (AvgIpc) is 2.76. The zero-order valence-corrected chi connectivity index (χ0v) is 11.4. The zero-order valence-electron chi connectivity index (χ0n) is 11.4. The van der Waals surface area contributed by atoms with Gasteiger partial charge in [0.2, 0.25) is 0 Å². The molecule has 1 atom stereocenters. The van der Waals surface area contributed by atoms with Crippen LogP contribution in [-0.4, -0.2) is 18.1 Å². The van der Waals surface area contributed by atoms with Crippen molar-refractivity contribution in [3.8, 4) is 0 Å². The lowest BCUT2D eigenvalue weighted by atomic mass is 10.1. The van der Waals surface area contributed by atoms with Crippen LogP contribution in [0.25, 0.3) is 0 Å². The third-order valence-corrected chi connectivity index (χ3v) is 3.67. The normalized spacial score (nSPS) is 17.6. The van der Waals surface area contributed by atoms with Crippen molar-refractivity contribution < 1.29 is 0 Å². The quantitative estimate of drug-likeness (QED) is 0.911. The van der Waals surface area contributed by atoms with Crippen LogP contribution < -0.4 is 10.2 Å². The molecule has 0 aliphatic carbocycles. The Hall–Kier alpha value is -1.87. The second-order valence-corrected chi connectivity index (χ2v) is 5.07. The maximum Gasteiger partial charge on any atom is 0.137 e. The van der Waals surface area contributed by atoms with Crippen LogP contribution in [-0.2, 0) is 13.0 Å². The lowest BCUT2D eigenvalue weighted by molar-refractivity contribution is 0.736. The summed E-state index contributed by atoms with van der Waals surface area (Å²) in [7, 11) is 1.97. The van der Waals surface area contributed by atoms with Crippen LogP contribution in [0.3, 0.4) is 0 Å². The summed E-state index contributed by atoms with van der Waals surface area (Å²) in [6, 6.07) is 13.2. The lowest BCUT2D eigenvalue weighted by Crippen LogP contribution is -2.26. The number of anilines is 2. The minimum absolute atomic E-state index is 0.461. The molecule has 2 heterocycles. The smallest absolute Gasteiger partial charge is 0.137 e. The molecule has 3 rings (SSSR count). The van der Waals surface area contributed by atoms with Crippen LogP contribution >= 0.6 is 0 Å². The molecule has 0 amide bonds. The van der Waals surface area contributed by atoms with Crippen LogP contribution in [0.15, 0.2) is 42.6 Å². The second-order valence-electron chi connectivity index (χ2n) is 5.07. The fourth-order valence-electron chi connectivity index (χ4n) is 2.86. The van der Waals surface area contributed by atoms with Crippen molar-refractivity contribution in [2.45, 2.75) is 25.9 Å². The number of pyridine rings is 1. The van der Waals surface area contributed by atoms with Gasteiger partial charge in [-0.1, -0.05) is 24.3 Å². The Kier molecular flexibility index (Phi) is 3.22. The molecule has 0 saturated heterocycles. The second kappa shape index (κ2) is 5.02. The zero-order chi connectivity index (χ0) is 13.2. The van der Waals surface area contributed by atoms with E-state index in [9.17, 15) is 0 Å². The van der Waals surface area contributed by atoms with Crippen molar-refractivity contribution in [2.75, 3.05) is 11.9 Å². The maximum absolute atomic E-state index is 4.61. The van der Waals surface area contributed by atoms with Gasteiger partial charge in [-0.2, -0.15) is 0 Å². The van der Waals surface area contributed by atoms with Gasteiger partial charge in [0.1, 0.15) is 5.82 Å². The highest BCUT2D eigenvalue weighted by molar-refractivity contribution is 5.70. The molecule has 0 radical (unpaired) electrons. The lowest BCUT2D eigenvalue weighted by Gasteiger charge is -2.26. The predicted octanol–water partition coefficient (Wildman–Crippen LogP) is 2.88. The van der Waals surface area contributed by atoms with E-state index in [1.54, 1.807) is 0 Å². The summed E-state index contributed by atoms with van der Waals surface area (Å²) in [5.74, 6) is 1.08. The topological polar surface area (TPSA) is 28.2 Å². The summed E-state index contributed by atoms with van der Waals surface area (Å²) in [4.78, 5) is 6.98. The van der Waals surface area contributed by atoms with Crippen LogP contribution in [0.1, 0.15) is 18.1 Å². The number of hydrogen-bond acceptors (Lipinski definition) is 3. The summed E-state index contributed by atoms with van der Waals surface area (Å²) >= 11 is 0. The highest BCUT2D eigenvalue weighted by Crippen LogP contribution is 2.38. The molecule has 3 nitrogen and oxygen atoms in total. The molecule has 0 fully saturated rings. The van der Waals surface area contributed by atoms with Gasteiger partial charge in [0.25, 0.3) is 0 Å². The van der Waals surface area contributed by atoms with Gasteiger partial charge in [-0.15, -0.1) is 0 Å². The summed E-state index contributed by atoms with van der Waals surface area (Å²) in [5, 5.41) is 3.22. The van der Waals surface area contributed by atoms with E-state index >= 15 is 0 Å². The van der Waals surface area contributed by atoms with Crippen LogP contribution in [0.5, 0.6) is 0 Å². The van der Waals surface area contributed by atoms with E-state index in [0.717, 1.165) is 18.8 Å². The molecule has 1 unspecified atom stereocenters. The Labute approximate surface area is 114 Å². The molecule has 2 aromatic rings. The van der Waals surface area contributed by atoms with E-state index in [2.05, 4.69) is 52.5 Å². The number of benzene rings is 1. The Bertz CT molecular complexity index is 580. The Morgan fingerprint density at radius 1 is 1.26 bits per heavy atom. The third kappa shape index (κ3) is 2.10. The number of nitrogens with zero attached hydrogens (tertiary/aromatic N) is 2. The molecular formula is C16H19N3. The van der Waals surface area contributed by atoms with Crippen LogP contribution in [0, 0.1) is 0 Å². The van der Waals surface area contributed by atoms with Gasteiger partial charge < -0.3 is 10.2 Å². The molecule has 1 aromatic heterocycles. The predicted molar refractivity (Wildman–Crippen MR) is 78.7 cm³/mol. The molecule has 3 heteroatoms. The van der Waals surface area contributed by atoms with Gasteiger partial charge in [0.05, 0.1) is 0 Å². The molecular weight excluding hydrogens is 234 g/mol. The van der Waals surface area contributed by atoms with E-state index < -0.39 is 0 Å². The van der Waals surface area contributed by atoms with Crippen molar-refractivity contribution in [1.82, 2.24) is 10.3 Å². The van der Waals surface area contributed by atoms with Crippen molar-refractivity contribution >= 4 is 11.5 Å².